The van der Waals surface area contributed by atoms with E-state index in [0.29, 0.717) is 6.54 Å². The predicted octanol–water partition coefficient (Wildman–Crippen LogP) is 1.06. The zero-order valence-corrected chi connectivity index (χ0v) is 10.6. The van der Waals surface area contributed by atoms with Gasteiger partial charge in [-0.2, -0.15) is 0 Å². The number of nitrogens with zero attached hydrogens (tertiary/aromatic N) is 1. The van der Waals surface area contributed by atoms with Crippen molar-refractivity contribution >= 4 is 17.6 Å². The monoisotopic (exact) mass is 271 g/mol. The Kier molecular flexibility index (Phi) is 2.16. The van der Waals surface area contributed by atoms with Gasteiger partial charge in [0, 0.05) is 5.69 Å². The van der Waals surface area contributed by atoms with Crippen LogP contribution in [0.25, 0.3) is 0 Å². The average molecular weight is 271 g/mol. The smallest absolute Gasteiger partial charge is 0.310 e. The summed E-state index contributed by atoms with van der Waals surface area (Å²) in [7, 11) is 0. The van der Waals surface area contributed by atoms with Crippen LogP contribution in [0, 0.1) is 11.8 Å². The Hall–Kier alpha value is -2.14. The van der Waals surface area contributed by atoms with Crippen molar-refractivity contribution in [2.75, 3.05) is 11.4 Å². The predicted molar refractivity (Wildman–Crippen MR) is 70.2 cm³/mol. The van der Waals surface area contributed by atoms with Crippen LogP contribution in [0.2, 0.25) is 0 Å². The number of benzene rings is 1. The molecule has 3 heterocycles. The Bertz CT molecular complexity index is 626. The van der Waals surface area contributed by atoms with E-state index in [1.807, 2.05) is 36.4 Å². The maximum atomic E-state index is 12.6. The van der Waals surface area contributed by atoms with Crippen molar-refractivity contribution in [1.82, 2.24) is 0 Å². The minimum absolute atomic E-state index is 0.157. The van der Waals surface area contributed by atoms with E-state index in [4.69, 9.17) is 4.74 Å². The van der Waals surface area contributed by atoms with Gasteiger partial charge in [-0.05, 0) is 12.1 Å². The minimum Gasteiger partial charge on any atom is -0.481 e. The van der Waals surface area contributed by atoms with Gasteiger partial charge in [-0.1, -0.05) is 30.4 Å². The molecule has 0 saturated carbocycles. The van der Waals surface area contributed by atoms with Crippen LogP contribution in [0.3, 0.4) is 0 Å². The molecule has 4 rings (SSSR count). The number of aliphatic carboxylic acids is 1. The summed E-state index contributed by atoms with van der Waals surface area (Å²) in [5.74, 6) is -2.51. The summed E-state index contributed by atoms with van der Waals surface area (Å²) in [5.41, 5.74) is 0.0200. The van der Waals surface area contributed by atoms with Crippen molar-refractivity contribution in [2.45, 2.75) is 11.7 Å². The maximum absolute atomic E-state index is 12.6. The van der Waals surface area contributed by atoms with Crippen LogP contribution < -0.4 is 4.90 Å². The molecular formula is C15H13NO4. The number of para-hydroxylation sites is 1. The van der Waals surface area contributed by atoms with Crippen LogP contribution in [0.15, 0.2) is 42.5 Å². The highest BCUT2D eigenvalue weighted by atomic mass is 16.5. The number of amides is 1. The molecule has 4 atom stereocenters. The molecule has 3 aliphatic heterocycles. The first-order valence-corrected chi connectivity index (χ1v) is 6.59. The number of hydrogen-bond acceptors (Lipinski definition) is 3. The standard InChI is InChI=1S/C15H13NO4/c17-13-12-11(14(18)19)10-6-7-15(12,20-10)8-16(13)9-4-2-1-3-5-9/h1-7,10-12H,8H2,(H,18,19)/t10-,11+,12-,15-/m1/s1. The zero-order chi connectivity index (χ0) is 13.9. The van der Waals surface area contributed by atoms with Crippen molar-refractivity contribution in [2.24, 2.45) is 11.8 Å². The van der Waals surface area contributed by atoms with Crippen molar-refractivity contribution < 1.29 is 19.4 Å². The van der Waals surface area contributed by atoms with Gasteiger partial charge in [0.25, 0.3) is 0 Å². The largest absolute Gasteiger partial charge is 0.481 e. The molecule has 0 aliphatic carbocycles. The van der Waals surface area contributed by atoms with Gasteiger partial charge in [-0.25, -0.2) is 0 Å². The zero-order valence-electron chi connectivity index (χ0n) is 10.6. The average Bonchev–Trinajstić information content (AvgIpc) is 3.08. The Morgan fingerprint density at radius 3 is 2.80 bits per heavy atom. The number of carboxylic acid groups (broad SMARTS) is 1. The molecule has 1 aromatic rings. The molecule has 2 saturated heterocycles. The molecule has 102 valence electrons. The lowest BCUT2D eigenvalue weighted by molar-refractivity contribution is -0.146. The van der Waals surface area contributed by atoms with Gasteiger partial charge < -0.3 is 14.7 Å². The van der Waals surface area contributed by atoms with Crippen LogP contribution in [0.4, 0.5) is 5.69 Å². The molecule has 2 bridgehead atoms. The molecule has 2 fully saturated rings. The van der Waals surface area contributed by atoms with E-state index in [1.165, 1.54) is 0 Å². The number of carbonyl (C=O) groups excluding carboxylic acids is 1. The van der Waals surface area contributed by atoms with Crippen molar-refractivity contribution in [3.05, 3.63) is 42.5 Å². The summed E-state index contributed by atoms with van der Waals surface area (Å²) in [6.07, 6.45) is 3.17. The summed E-state index contributed by atoms with van der Waals surface area (Å²) in [4.78, 5) is 25.7. The topological polar surface area (TPSA) is 66.8 Å². The number of anilines is 1. The number of ether oxygens (including phenoxy) is 1. The number of hydrogen-bond donors (Lipinski definition) is 1. The SMILES string of the molecule is O=C(O)[C@H]1[C@H]2C=C[C@]3(CN(c4ccccc4)C(=O)[C@@H]13)O2. The van der Waals surface area contributed by atoms with E-state index in [0.717, 1.165) is 5.69 Å². The maximum Gasteiger partial charge on any atom is 0.310 e. The Labute approximate surface area is 115 Å². The fourth-order valence-corrected chi connectivity index (χ4v) is 3.61. The van der Waals surface area contributed by atoms with Crippen LogP contribution >= 0.6 is 0 Å². The van der Waals surface area contributed by atoms with Gasteiger partial charge in [-0.15, -0.1) is 0 Å². The van der Waals surface area contributed by atoms with E-state index in [2.05, 4.69) is 0 Å². The third-order valence-corrected chi connectivity index (χ3v) is 4.45. The highest BCUT2D eigenvalue weighted by molar-refractivity contribution is 6.02. The van der Waals surface area contributed by atoms with Crippen LogP contribution in [-0.4, -0.2) is 35.2 Å². The first-order valence-electron chi connectivity index (χ1n) is 6.59. The van der Waals surface area contributed by atoms with Crippen LogP contribution in [0.1, 0.15) is 0 Å². The Morgan fingerprint density at radius 2 is 2.10 bits per heavy atom. The van der Waals surface area contributed by atoms with Gasteiger partial charge >= 0.3 is 5.97 Å². The summed E-state index contributed by atoms with van der Waals surface area (Å²) >= 11 is 0. The molecule has 0 radical (unpaired) electrons. The van der Waals surface area contributed by atoms with Crippen LogP contribution in [0.5, 0.6) is 0 Å². The fraction of sp³-hybridized carbons (Fsp3) is 0.333. The van der Waals surface area contributed by atoms with Crippen molar-refractivity contribution in [3.8, 4) is 0 Å². The lowest BCUT2D eigenvalue weighted by Crippen LogP contribution is -2.39. The molecule has 0 unspecified atom stereocenters. The molecule has 1 N–H and O–H groups in total. The lowest BCUT2D eigenvalue weighted by atomic mass is 9.77. The summed E-state index contributed by atoms with van der Waals surface area (Å²) in [5, 5.41) is 9.37. The van der Waals surface area contributed by atoms with Gasteiger partial charge in [0.15, 0.2) is 0 Å². The van der Waals surface area contributed by atoms with Gasteiger partial charge in [-0.3, -0.25) is 9.59 Å². The second kappa shape index (κ2) is 3.70. The molecule has 1 spiro atoms. The van der Waals surface area contributed by atoms with Gasteiger partial charge in [0.1, 0.15) is 11.5 Å². The molecule has 3 aliphatic rings. The highest BCUT2D eigenvalue weighted by Gasteiger charge is 2.67. The van der Waals surface area contributed by atoms with E-state index in [9.17, 15) is 14.7 Å². The molecule has 5 nitrogen and oxygen atoms in total. The molecule has 20 heavy (non-hydrogen) atoms. The summed E-state index contributed by atoms with van der Waals surface area (Å²) in [6.45, 7) is 0.386. The fourth-order valence-electron chi connectivity index (χ4n) is 3.61. The Balaban J connectivity index is 1.76. The van der Waals surface area contributed by atoms with Gasteiger partial charge in [0.05, 0.1) is 18.6 Å². The van der Waals surface area contributed by atoms with E-state index >= 15 is 0 Å². The highest BCUT2D eigenvalue weighted by Crippen LogP contribution is 2.52. The number of rotatable bonds is 2. The third-order valence-electron chi connectivity index (χ3n) is 4.45. The van der Waals surface area contributed by atoms with Crippen molar-refractivity contribution in [1.29, 1.82) is 0 Å². The lowest BCUT2D eigenvalue weighted by Gasteiger charge is -2.21. The van der Waals surface area contributed by atoms with Crippen LogP contribution in [-0.2, 0) is 14.3 Å². The summed E-state index contributed by atoms with van der Waals surface area (Å²) < 4.78 is 5.83. The van der Waals surface area contributed by atoms with E-state index in [-0.39, 0.29) is 5.91 Å². The second-order valence-electron chi connectivity index (χ2n) is 5.50. The molecule has 5 heteroatoms. The number of fused-ring (bicyclic) bond motifs is 1. The normalized spacial score (nSPS) is 37.5. The molecule has 0 aromatic heterocycles. The first kappa shape index (κ1) is 11.7. The second-order valence-corrected chi connectivity index (χ2v) is 5.50. The minimum atomic E-state index is -0.963. The van der Waals surface area contributed by atoms with E-state index in [1.54, 1.807) is 11.0 Å². The van der Waals surface area contributed by atoms with Gasteiger partial charge in [0.2, 0.25) is 5.91 Å². The third kappa shape index (κ3) is 1.30. The molecule has 1 aromatic carbocycles. The molecule has 1 amide bonds. The van der Waals surface area contributed by atoms with Crippen molar-refractivity contribution in [3.63, 3.8) is 0 Å². The number of carbonyl (C=O) groups is 2. The summed E-state index contributed by atoms with van der Waals surface area (Å²) in [6, 6.07) is 9.29. The molecular weight excluding hydrogens is 258 g/mol. The van der Waals surface area contributed by atoms with E-state index < -0.39 is 29.5 Å². The Morgan fingerprint density at radius 1 is 1.35 bits per heavy atom. The quantitative estimate of drug-likeness (QED) is 0.817. The number of carboxylic acids is 1. The first-order chi connectivity index (χ1) is 9.62.